The van der Waals surface area contributed by atoms with E-state index >= 15 is 0 Å². The quantitative estimate of drug-likeness (QED) is 0.840. The van der Waals surface area contributed by atoms with Gasteiger partial charge in [0.1, 0.15) is 5.69 Å². The summed E-state index contributed by atoms with van der Waals surface area (Å²) in [6.07, 6.45) is 5.26. The van der Waals surface area contributed by atoms with Crippen LogP contribution in [-0.2, 0) is 14.1 Å². The molecule has 0 aliphatic carbocycles. The van der Waals surface area contributed by atoms with Crippen LogP contribution in [0.2, 0.25) is 0 Å². The molecule has 3 heterocycles. The molecule has 0 spiro atoms. The lowest BCUT2D eigenvalue weighted by atomic mass is 10.3. The first-order valence-electron chi connectivity index (χ1n) is 8.23. The molecule has 0 radical (unpaired) electrons. The zero-order valence-corrected chi connectivity index (χ0v) is 13.8. The number of nitrogens with zero attached hydrogens (tertiary/aromatic N) is 3. The fourth-order valence-electron chi connectivity index (χ4n) is 3.25. The summed E-state index contributed by atoms with van der Waals surface area (Å²) in [5.41, 5.74) is 1.24. The standard InChI is InChI=1S/C17H24N4O2/c1-19-11-6-14-13(17(19)23)12-15(20(14)2)16(22)18-7-5-10-21-8-3-4-9-21/h6,11-12H,3-5,7-10H2,1-2H3,(H,18,22). The van der Waals surface area contributed by atoms with Crippen LogP contribution in [0.15, 0.2) is 23.1 Å². The van der Waals surface area contributed by atoms with Crippen LogP contribution in [0.5, 0.6) is 0 Å². The van der Waals surface area contributed by atoms with Crippen LogP contribution >= 0.6 is 0 Å². The summed E-state index contributed by atoms with van der Waals surface area (Å²) >= 11 is 0. The number of carbonyl (C=O) groups excluding carboxylic acids is 1. The van der Waals surface area contributed by atoms with Gasteiger partial charge in [0.15, 0.2) is 0 Å². The molecule has 1 aliphatic heterocycles. The van der Waals surface area contributed by atoms with E-state index in [2.05, 4.69) is 10.2 Å². The van der Waals surface area contributed by atoms with E-state index in [1.165, 1.54) is 30.5 Å². The van der Waals surface area contributed by atoms with Gasteiger partial charge < -0.3 is 19.4 Å². The first-order valence-corrected chi connectivity index (χ1v) is 8.23. The first-order chi connectivity index (χ1) is 11.1. The van der Waals surface area contributed by atoms with Crippen molar-refractivity contribution in [2.75, 3.05) is 26.2 Å². The highest BCUT2D eigenvalue weighted by Gasteiger charge is 2.15. The third-order valence-corrected chi connectivity index (χ3v) is 4.65. The number of aryl methyl sites for hydroxylation is 2. The van der Waals surface area contributed by atoms with Gasteiger partial charge in [0.25, 0.3) is 11.5 Å². The maximum atomic E-state index is 12.4. The van der Waals surface area contributed by atoms with Crippen molar-refractivity contribution >= 4 is 16.8 Å². The summed E-state index contributed by atoms with van der Waals surface area (Å²) < 4.78 is 3.31. The molecule has 2 aromatic rings. The Morgan fingerprint density at radius 3 is 2.74 bits per heavy atom. The van der Waals surface area contributed by atoms with E-state index in [-0.39, 0.29) is 11.5 Å². The fourth-order valence-corrected chi connectivity index (χ4v) is 3.25. The largest absolute Gasteiger partial charge is 0.351 e. The molecule has 124 valence electrons. The smallest absolute Gasteiger partial charge is 0.267 e. The number of amides is 1. The predicted octanol–water partition coefficient (Wildman–Crippen LogP) is 1.09. The monoisotopic (exact) mass is 316 g/mol. The van der Waals surface area contributed by atoms with Gasteiger partial charge in [-0.05, 0) is 51.0 Å². The number of nitrogens with one attached hydrogen (secondary N) is 1. The number of carbonyl (C=O) groups is 1. The predicted molar refractivity (Wildman–Crippen MR) is 90.8 cm³/mol. The second kappa shape index (κ2) is 6.58. The van der Waals surface area contributed by atoms with Gasteiger partial charge in [-0.3, -0.25) is 9.59 Å². The summed E-state index contributed by atoms with van der Waals surface area (Å²) in [5.74, 6) is -0.118. The van der Waals surface area contributed by atoms with E-state index in [1.54, 1.807) is 23.9 Å². The molecule has 6 heteroatoms. The topological polar surface area (TPSA) is 59.3 Å². The summed E-state index contributed by atoms with van der Waals surface area (Å²) in [6, 6.07) is 3.55. The Kier molecular flexibility index (Phi) is 4.52. The minimum atomic E-state index is -0.118. The molecule has 1 amide bonds. The lowest BCUT2D eigenvalue weighted by Gasteiger charge is -2.14. The third-order valence-electron chi connectivity index (χ3n) is 4.65. The Hall–Kier alpha value is -2.08. The van der Waals surface area contributed by atoms with E-state index in [9.17, 15) is 9.59 Å². The Morgan fingerprint density at radius 1 is 1.26 bits per heavy atom. The highest BCUT2D eigenvalue weighted by Crippen LogP contribution is 2.15. The highest BCUT2D eigenvalue weighted by molar-refractivity contribution is 5.98. The van der Waals surface area contributed by atoms with Crippen molar-refractivity contribution in [1.29, 1.82) is 0 Å². The van der Waals surface area contributed by atoms with Crippen molar-refractivity contribution in [1.82, 2.24) is 19.4 Å². The third kappa shape index (κ3) is 3.17. The van der Waals surface area contributed by atoms with Gasteiger partial charge in [-0.1, -0.05) is 0 Å². The van der Waals surface area contributed by atoms with Crippen molar-refractivity contribution in [2.24, 2.45) is 14.1 Å². The van der Waals surface area contributed by atoms with Gasteiger partial charge in [0, 0.05) is 26.8 Å². The number of aromatic nitrogens is 2. The molecule has 1 saturated heterocycles. The Bertz CT molecular complexity index is 769. The second-order valence-corrected chi connectivity index (χ2v) is 6.28. The number of fused-ring (bicyclic) bond motifs is 1. The molecule has 1 fully saturated rings. The van der Waals surface area contributed by atoms with E-state index in [1.807, 2.05) is 13.1 Å². The average molecular weight is 316 g/mol. The Morgan fingerprint density at radius 2 is 2.00 bits per heavy atom. The Balaban J connectivity index is 1.65. The molecule has 1 aliphatic rings. The number of rotatable bonds is 5. The van der Waals surface area contributed by atoms with Crippen molar-refractivity contribution in [3.05, 3.63) is 34.4 Å². The van der Waals surface area contributed by atoms with Crippen molar-refractivity contribution in [2.45, 2.75) is 19.3 Å². The van der Waals surface area contributed by atoms with Crippen LogP contribution in [0, 0.1) is 0 Å². The zero-order chi connectivity index (χ0) is 16.4. The summed E-state index contributed by atoms with van der Waals surface area (Å²) in [7, 11) is 3.54. The maximum absolute atomic E-state index is 12.4. The molecular formula is C17H24N4O2. The summed E-state index contributed by atoms with van der Waals surface area (Å²) in [4.78, 5) is 26.9. The minimum Gasteiger partial charge on any atom is -0.351 e. The molecule has 2 aromatic heterocycles. The molecule has 0 aromatic carbocycles. The number of hydrogen-bond acceptors (Lipinski definition) is 3. The number of hydrogen-bond donors (Lipinski definition) is 1. The molecular weight excluding hydrogens is 292 g/mol. The minimum absolute atomic E-state index is 0.0776. The number of pyridine rings is 1. The molecule has 1 N–H and O–H groups in total. The van der Waals surface area contributed by atoms with Gasteiger partial charge in [-0.15, -0.1) is 0 Å². The summed E-state index contributed by atoms with van der Waals surface area (Å²) in [6.45, 7) is 4.06. The second-order valence-electron chi connectivity index (χ2n) is 6.28. The number of likely N-dealkylation sites (tertiary alicyclic amines) is 1. The molecule has 0 atom stereocenters. The van der Waals surface area contributed by atoms with E-state index in [4.69, 9.17) is 0 Å². The SMILES string of the molecule is Cn1ccc2c(cc(C(=O)NCCCN3CCCC3)n2C)c1=O. The summed E-state index contributed by atoms with van der Waals surface area (Å²) in [5, 5.41) is 3.55. The average Bonchev–Trinajstić information content (AvgIpc) is 3.16. The van der Waals surface area contributed by atoms with Gasteiger partial charge in [-0.25, -0.2) is 0 Å². The van der Waals surface area contributed by atoms with E-state index in [0.29, 0.717) is 17.6 Å². The van der Waals surface area contributed by atoms with Crippen molar-refractivity contribution in [3.63, 3.8) is 0 Å². The lowest BCUT2D eigenvalue weighted by Crippen LogP contribution is -2.29. The molecule has 3 rings (SSSR count). The molecule has 23 heavy (non-hydrogen) atoms. The van der Waals surface area contributed by atoms with Crippen LogP contribution in [0.3, 0.4) is 0 Å². The van der Waals surface area contributed by atoms with Crippen molar-refractivity contribution in [3.8, 4) is 0 Å². The maximum Gasteiger partial charge on any atom is 0.267 e. The van der Waals surface area contributed by atoms with Crippen LogP contribution in [-0.4, -0.2) is 46.1 Å². The molecule has 0 unspecified atom stereocenters. The van der Waals surface area contributed by atoms with Gasteiger partial charge in [-0.2, -0.15) is 0 Å². The molecule has 0 saturated carbocycles. The Labute approximate surface area is 135 Å². The van der Waals surface area contributed by atoms with Gasteiger partial charge >= 0.3 is 0 Å². The van der Waals surface area contributed by atoms with Gasteiger partial charge in [0.2, 0.25) is 0 Å². The van der Waals surface area contributed by atoms with Gasteiger partial charge in [0.05, 0.1) is 10.9 Å². The highest BCUT2D eigenvalue weighted by atomic mass is 16.2. The zero-order valence-electron chi connectivity index (χ0n) is 13.8. The normalized spacial score (nSPS) is 15.4. The lowest BCUT2D eigenvalue weighted by molar-refractivity contribution is 0.0944. The molecule has 0 bridgehead atoms. The van der Waals surface area contributed by atoms with E-state index < -0.39 is 0 Å². The van der Waals surface area contributed by atoms with E-state index in [0.717, 1.165) is 18.5 Å². The van der Waals surface area contributed by atoms with Crippen LogP contribution in [0.1, 0.15) is 29.8 Å². The van der Waals surface area contributed by atoms with Crippen molar-refractivity contribution < 1.29 is 4.79 Å². The van der Waals surface area contributed by atoms with Crippen LogP contribution < -0.4 is 10.9 Å². The van der Waals surface area contributed by atoms with Crippen LogP contribution in [0.25, 0.3) is 10.9 Å². The van der Waals surface area contributed by atoms with Crippen LogP contribution in [0.4, 0.5) is 0 Å². The molecule has 6 nitrogen and oxygen atoms in total. The fraction of sp³-hybridized carbons (Fsp3) is 0.529. The first kappa shape index (κ1) is 15.8.